The summed E-state index contributed by atoms with van der Waals surface area (Å²) in [4.78, 5) is 53.5. The summed E-state index contributed by atoms with van der Waals surface area (Å²) >= 11 is 7.18. The molecule has 1 fully saturated rings. The lowest BCUT2D eigenvalue weighted by molar-refractivity contribution is -0.121. The number of hydrogen-bond donors (Lipinski definition) is 3. The van der Waals surface area contributed by atoms with Gasteiger partial charge in [0.05, 0.1) is 15.8 Å². The number of nitrogens with two attached hydrogens (primary N) is 1. The predicted molar refractivity (Wildman–Crippen MR) is 173 cm³/mol. The first-order chi connectivity index (χ1) is 21.5. The first kappa shape index (κ1) is 31.7. The van der Waals surface area contributed by atoms with Crippen molar-refractivity contribution in [2.75, 3.05) is 10.2 Å². The molecule has 4 amide bonds. The Balaban J connectivity index is 1.27. The number of thioether (sulfide) groups is 1. The Labute approximate surface area is 268 Å². The number of hydrogen-bond acceptors (Lipinski definition) is 7. The summed E-state index contributed by atoms with van der Waals surface area (Å²) in [5.41, 5.74) is 1.73. The van der Waals surface area contributed by atoms with E-state index in [9.17, 15) is 27.6 Å². The Morgan fingerprint density at radius 1 is 0.889 bits per heavy atom. The van der Waals surface area contributed by atoms with Crippen molar-refractivity contribution in [2.45, 2.75) is 21.5 Å². The lowest BCUT2D eigenvalue weighted by Gasteiger charge is -2.15. The SMILES string of the molecule is NS(=O)(=O)c1ccc(N2C(=O)CC(Sc3ccc(NC(=O)/C(=C/c4ccc(Cl)cc4)NC(=O)c4ccccc4)cc3)C2=O)cc1. The molecular weight excluding hydrogens is 636 g/mol. The number of nitrogens with one attached hydrogen (secondary N) is 2. The Morgan fingerprint density at radius 3 is 2.16 bits per heavy atom. The van der Waals surface area contributed by atoms with Crippen LogP contribution in [-0.2, 0) is 24.4 Å². The Morgan fingerprint density at radius 2 is 1.53 bits per heavy atom. The summed E-state index contributed by atoms with van der Waals surface area (Å²) < 4.78 is 23.1. The summed E-state index contributed by atoms with van der Waals surface area (Å²) in [6, 6.07) is 27.1. The van der Waals surface area contributed by atoms with E-state index in [4.69, 9.17) is 16.7 Å². The molecule has 10 nitrogen and oxygen atoms in total. The molecule has 1 aliphatic rings. The van der Waals surface area contributed by atoms with Crippen LogP contribution in [0, 0.1) is 0 Å². The second-order valence-electron chi connectivity index (χ2n) is 9.83. The van der Waals surface area contributed by atoms with Gasteiger partial charge in [0.2, 0.25) is 21.8 Å². The van der Waals surface area contributed by atoms with Crippen LogP contribution < -0.4 is 20.7 Å². The summed E-state index contributed by atoms with van der Waals surface area (Å²) in [5.74, 6) is -1.86. The van der Waals surface area contributed by atoms with Crippen LogP contribution in [0.4, 0.5) is 11.4 Å². The third-order valence-corrected chi connectivity index (χ3v) is 9.01. The van der Waals surface area contributed by atoms with Crippen LogP contribution >= 0.6 is 23.4 Å². The van der Waals surface area contributed by atoms with Gasteiger partial charge in [-0.05, 0) is 84.4 Å². The fraction of sp³-hybridized carbons (Fsp3) is 0.0625. The lowest BCUT2D eigenvalue weighted by Crippen LogP contribution is -2.31. The number of benzene rings is 4. The van der Waals surface area contributed by atoms with Gasteiger partial charge >= 0.3 is 0 Å². The average molecular weight is 661 g/mol. The zero-order valence-corrected chi connectivity index (χ0v) is 25.7. The van der Waals surface area contributed by atoms with Gasteiger partial charge in [-0.15, -0.1) is 11.8 Å². The molecule has 5 rings (SSSR count). The quantitative estimate of drug-likeness (QED) is 0.172. The Bertz CT molecular complexity index is 1900. The van der Waals surface area contributed by atoms with E-state index >= 15 is 0 Å². The largest absolute Gasteiger partial charge is 0.321 e. The third-order valence-electron chi connectivity index (χ3n) is 6.63. The van der Waals surface area contributed by atoms with Crippen LogP contribution in [0.25, 0.3) is 6.08 Å². The summed E-state index contributed by atoms with van der Waals surface area (Å²) in [6.07, 6.45) is 1.49. The molecule has 0 saturated carbocycles. The van der Waals surface area contributed by atoms with Gasteiger partial charge in [-0.1, -0.05) is 41.9 Å². The number of carbonyl (C=O) groups excluding carboxylic acids is 4. The van der Waals surface area contributed by atoms with Crippen LogP contribution in [-0.4, -0.2) is 37.3 Å². The highest BCUT2D eigenvalue weighted by molar-refractivity contribution is 8.00. The first-order valence-electron chi connectivity index (χ1n) is 13.4. The second kappa shape index (κ2) is 13.5. The van der Waals surface area contributed by atoms with Gasteiger partial charge in [0.15, 0.2) is 0 Å². The normalized spacial score (nSPS) is 15.2. The molecule has 45 heavy (non-hydrogen) atoms. The molecule has 228 valence electrons. The van der Waals surface area contributed by atoms with E-state index in [0.717, 1.165) is 4.90 Å². The fourth-order valence-corrected chi connectivity index (χ4v) is 6.10. The molecule has 13 heteroatoms. The van der Waals surface area contributed by atoms with Crippen molar-refractivity contribution in [3.8, 4) is 0 Å². The number of amides is 4. The monoisotopic (exact) mass is 660 g/mol. The molecule has 4 aromatic rings. The van der Waals surface area contributed by atoms with E-state index in [0.29, 0.717) is 26.7 Å². The maximum atomic E-state index is 13.3. The number of sulfonamides is 1. The summed E-state index contributed by atoms with van der Waals surface area (Å²) in [6.45, 7) is 0. The highest BCUT2D eigenvalue weighted by Crippen LogP contribution is 2.34. The highest BCUT2D eigenvalue weighted by atomic mass is 35.5. The molecular formula is C32H25ClN4O6S2. The van der Waals surface area contributed by atoms with E-state index in [1.165, 1.54) is 42.1 Å². The summed E-state index contributed by atoms with van der Waals surface area (Å²) in [5, 5.41) is 10.4. The molecule has 0 aromatic heterocycles. The second-order valence-corrected chi connectivity index (χ2v) is 13.1. The number of imide groups is 1. The minimum absolute atomic E-state index is 0.0110. The topological polar surface area (TPSA) is 156 Å². The number of carbonyl (C=O) groups is 4. The van der Waals surface area contributed by atoms with Crippen molar-refractivity contribution in [2.24, 2.45) is 5.14 Å². The molecule has 4 aromatic carbocycles. The third kappa shape index (κ3) is 7.86. The van der Waals surface area contributed by atoms with Crippen molar-refractivity contribution < 1.29 is 27.6 Å². The molecule has 0 aliphatic carbocycles. The number of halogens is 1. The van der Waals surface area contributed by atoms with Gasteiger partial charge in [0.25, 0.3) is 11.8 Å². The molecule has 0 radical (unpaired) electrons. The van der Waals surface area contributed by atoms with Gasteiger partial charge in [-0.3, -0.25) is 19.2 Å². The minimum atomic E-state index is -3.92. The number of anilines is 2. The summed E-state index contributed by atoms with van der Waals surface area (Å²) in [7, 11) is -3.92. The van der Waals surface area contributed by atoms with E-state index in [-0.39, 0.29) is 22.7 Å². The van der Waals surface area contributed by atoms with Gasteiger partial charge in [-0.2, -0.15) is 0 Å². The first-order valence-corrected chi connectivity index (χ1v) is 16.2. The van der Waals surface area contributed by atoms with Crippen molar-refractivity contribution >= 4 is 74.5 Å². The van der Waals surface area contributed by atoms with Crippen molar-refractivity contribution in [3.63, 3.8) is 0 Å². The van der Waals surface area contributed by atoms with E-state index in [1.54, 1.807) is 78.9 Å². The van der Waals surface area contributed by atoms with E-state index in [1.807, 2.05) is 0 Å². The van der Waals surface area contributed by atoms with Crippen molar-refractivity contribution in [3.05, 3.63) is 125 Å². The zero-order chi connectivity index (χ0) is 32.1. The van der Waals surface area contributed by atoms with E-state index in [2.05, 4.69) is 10.6 Å². The standard InChI is InChI=1S/C32H25ClN4O6S2/c33-22-8-6-20(7-9-22)18-27(36-30(39)21-4-2-1-3-5-21)31(40)35-23-10-14-25(15-11-23)44-28-19-29(38)37(32(28)41)24-12-16-26(17-13-24)45(34,42)43/h1-18,28H,19H2,(H,35,40)(H,36,39)(H2,34,42,43)/b27-18-. The Kier molecular flexibility index (Phi) is 9.49. The average Bonchev–Trinajstić information content (AvgIpc) is 3.30. The molecule has 4 N–H and O–H groups in total. The maximum Gasteiger partial charge on any atom is 0.272 e. The fourth-order valence-electron chi connectivity index (χ4n) is 4.40. The number of rotatable bonds is 9. The highest BCUT2D eigenvalue weighted by Gasteiger charge is 2.40. The van der Waals surface area contributed by atoms with Gasteiger partial charge < -0.3 is 10.6 Å². The molecule has 1 heterocycles. The number of primary sulfonamides is 1. The maximum absolute atomic E-state index is 13.3. The minimum Gasteiger partial charge on any atom is -0.321 e. The smallest absolute Gasteiger partial charge is 0.272 e. The van der Waals surface area contributed by atoms with Crippen LogP contribution in [0.15, 0.2) is 119 Å². The van der Waals surface area contributed by atoms with Crippen LogP contribution in [0.2, 0.25) is 5.02 Å². The molecule has 0 bridgehead atoms. The lowest BCUT2D eigenvalue weighted by atomic mass is 10.1. The predicted octanol–water partition coefficient (Wildman–Crippen LogP) is 4.82. The molecule has 1 saturated heterocycles. The molecule has 0 spiro atoms. The van der Waals surface area contributed by atoms with Gasteiger partial charge in [0.1, 0.15) is 5.70 Å². The zero-order valence-electron chi connectivity index (χ0n) is 23.3. The van der Waals surface area contributed by atoms with Crippen molar-refractivity contribution in [1.29, 1.82) is 0 Å². The van der Waals surface area contributed by atoms with Crippen LogP contribution in [0.3, 0.4) is 0 Å². The Hall–Kier alpha value is -4.75. The molecule has 1 aliphatic heterocycles. The van der Waals surface area contributed by atoms with Crippen LogP contribution in [0.1, 0.15) is 22.3 Å². The van der Waals surface area contributed by atoms with Gasteiger partial charge in [0, 0.05) is 27.6 Å². The van der Waals surface area contributed by atoms with E-state index < -0.39 is 38.9 Å². The van der Waals surface area contributed by atoms with Crippen LogP contribution in [0.5, 0.6) is 0 Å². The van der Waals surface area contributed by atoms with Crippen molar-refractivity contribution in [1.82, 2.24) is 5.32 Å². The molecule has 1 atom stereocenters. The molecule has 1 unspecified atom stereocenters. The van der Waals surface area contributed by atoms with Gasteiger partial charge in [-0.25, -0.2) is 18.5 Å². The number of nitrogens with zero attached hydrogens (tertiary/aromatic N) is 1.